The van der Waals surface area contributed by atoms with Crippen LogP contribution in [0.5, 0.6) is 0 Å². The summed E-state index contributed by atoms with van der Waals surface area (Å²) in [6, 6.07) is 0. The van der Waals surface area contributed by atoms with Crippen molar-refractivity contribution in [2.24, 2.45) is 0 Å². The van der Waals surface area contributed by atoms with Gasteiger partial charge in [0.2, 0.25) is 0 Å². The van der Waals surface area contributed by atoms with Gasteiger partial charge >= 0.3 is 34.1 Å². The molecule has 0 atom stereocenters. The molecule has 32 valence electrons. The Hall–Kier alpha value is 1.74. The van der Waals surface area contributed by atoms with E-state index in [1.54, 1.807) is 0 Å². The van der Waals surface area contributed by atoms with Gasteiger partial charge < -0.3 is 0 Å². The van der Waals surface area contributed by atoms with E-state index in [1.807, 2.05) is 0 Å². The van der Waals surface area contributed by atoms with Gasteiger partial charge in [0.25, 0.3) is 0 Å². The molecule has 0 aromatic carbocycles. The summed E-state index contributed by atoms with van der Waals surface area (Å²) in [6.45, 7) is 0. The fourth-order valence-electron chi connectivity index (χ4n) is 0. The predicted molar refractivity (Wildman–Crippen MR) is 37.9 cm³/mol. The molecule has 0 saturated carbocycles. The van der Waals surface area contributed by atoms with E-state index in [4.69, 9.17) is 0 Å². The van der Waals surface area contributed by atoms with Crippen molar-refractivity contribution in [3.63, 3.8) is 0 Å². The standard InChI is InChI=1S/2H2S.2H2Se/h4*1H2. The Bertz CT molecular complexity index is 4.00. The van der Waals surface area contributed by atoms with E-state index >= 15 is 0 Å². The molecule has 4 heavy (non-hydrogen) atoms. The quantitative estimate of drug-likeness (QED) is 0.439. The van der Waals surface area contributed by atoms with E-state index in [1.165, 1.54) is 0 Å². The number of hydrogen-bond acceptors (Lipinski definition) is 0. The van der Waals surface area contributed by atoms with E-state index < -0.39 is 0 Å². The van der Waals surface area contributed by atoms with E-state index in [-0.39, 0.29) is 61.1 Å². The molecule has 0 aromatic rings. The molecule has 0 aliphatic carbocycles. The zero-order valence-corrected chi connectivity index (χ0v) is 8.20. The Morgan fingerprint density at radius 1 is 0.500 bits per heavy atom. The molecule has 0 bridgehead atoms. The molecule has 0 unspecified atom stereocenters. The summed E-state index contributed by atoms with van der Waals surface area (Å²) < 4.78 is 0. The second kappa shape index (κ2) is 21.9. The van der Waals surface area contributed by atoms with Crippen LogP contribution in [-0.4, -0.2) is 34.1 Å². The van der Waals surface area contributed by atoms with Crippen molar-refractivity contribution in [1.29, 1.82) is 0 Å². The molecule has 0 aromatic heterocycles. The fraction of sp³-hybridized carbons (Fsp3) is 0. The van der Waals surface area contributed by atoms with Gasteiger partial charge in [0.1, 0.15) is 0 Å². The van der Waals surface area contributed by atoms with Crippen molar-refractivity contribution in [1.82, 2.24) is 0 Å². The molecule has 0 saturated heterocycles. The first-order valence-electron chi connectivity index (χ1n) is 0. The predicted octanol–water partition coefficient (Wildman–Crippen LogP) is -1.61. The van der Waals surface area contributed by atoms with E-state index in [9.17, 15) is 0 Å². The zero-order chi connectivity index (χ0) is 0. The first-order chi connectivity index (χ1) is 0. The Morgan fingerprint density at radius 3 is 0.500 bits per heavy atom. The Labute approximate surface area is 60.9 Å². The second-order valence-electron chi connectivity index (χ2n) is 0. The second-order valence-corrected chi connectivity index (χ2v) is 0. The SMILES string of the molecule is S.S.[SeH2].[SeH2]. The van der Waals surface area contributed by atoms with Gasteiger partial charge in [-0.15, -0.1) is 0 Å². The van der Waals surface area contributed by atoms with Crippen LogP contribution < -0.4 is 0 Å². The molecule has 0 heterocycles. The van der Waals surface area contributed by atoms with Crippen LogP contribution in [0, 0.1) is 0 Å². The number of rotatable bonds is 0. The van der Waals surface area contributed by atoms with Crippen LogP contribution in [0.15, 0.2) is 0 Å². The van der Waals surface area contributed by atoms with Gasteiger partial charge in [0, 0.05) is 0 Å². The van der Waals surface area contributed by atoms with Crippen LogP contribution in [0.2, 0.25) is 0 Å². The molecular weight excluding hydrogens is 222 g/mol. The normalized spacial score (nSPS) is 0. The molecule has 0 nitrogen and oxygen atoms in total. The van der Waals surface area contributed by atoms with Crippen LogP contribution in [-0.2, 0) is 0 Å². The average molecular weight is 230 g/mol. The molecule has 0 radical (unpaired) electrons. The Morgan fingerprint density at radius 2 is 0.500 bits per heavy atom. The first-order valence-corrected chi connectivity index (χ1v) is 0. The molecule has 0 rings (SSSR count). The van der Waals surface area contributed by atoms with Crippen LogP contribution in [0.25, 0.3) is 0 Å². The molecule has 0 spiro atoms. The summed E-state index contributed by atoms with van der Waals surface area (Å²) in [5.74, 6) is 0. The number of hydrogen-bond donors (Lipinski definition) is 0. The van der Waals surface area contributed by atoms with Crippen molar-refractivity contribution < 1.29 is 0 Å². The molecule has 4 heteroatoms. The van der Waals surface area contributed by atoms with E-state index in [0.29, 0.717) is 0 Å². The third-order valence-electron chi connectivity index (χ3n) is 0. The minimum atomic E-state index is 0. The van der Waals surface area contributed by atoms with Gasteiger partial charge in [-0.05, 0) is 0 Å². The van der Waals surface area contributed by atoms with Gasteiger partial charge in [-0.1, -0.05) is 0 Å². The molecule has 0 fully saturated rings. The molecule has 0 amide bonds. The van der Waals surface area contributed by atoms with Crippen LogP contribution in [0.4, 0.5) is 0 Å². The van der Waals surface area contributed by atoms with Gasteiger partial charge in [-0.2, -0.15) is 27.0 Å². The van der Waals surface area contributed by atoms with Gasteiger partial charge in [0.05, 0.1) is 0 Å². The molecule has 0 N–H and O–H groups in total. The molecule has 0 aliphatic heterocycles. The molecule has 0 aliphatic rings. The summed E-state index contributed by atoms with van der Waals surface area (Å²) in [4.78, 5) is 0. The van der Waals surface area contributed by atoms with Crippen LogP contribution in [0.1, 0.15) is 0 Å². The Kier molecular flexibility index (Phi) is 233. The van der Waals surface area contributed by atoms with Crippen molar-refractivity contribution in [3.05, 3.63) is 0 Å². The summed E-state index contributed by atoms with van der Waals surface area (Å²) in [7, 11) is 0. The Balaban J connectivity index is 0. The van der Waals surface area contributed by atoms with Crippen LogP contribution in [0.3, 0.4) is 0 Å². The maximum absolute atomic E-state index is 0. The summed E-state index contributed by atoms with van der Waals surface area (Å²) in [5, 5.41) is 0. The molecular formula is H8S2Se2. The van der Waals surface area contributed by atoms with Crippen molar-refractivity contribution >= 4 is 61.1 Å². The zero-order valence-electron chi connectivity index (χ0n) is 2.00. The topological polar surface area (TPSA) is 0 Å². The minimum absolute atomic E-state index is 0. The van der Waals surface area contributed by atoms with Gasteiger partial charge in [-0.3, -0.25) is 0 Å². The van der Waals surface area contributed by atoms with Crippen molar-refractivity contribution in [3.8, 4) is 0 Å². The average Bonchev–Trinajstić information content (AvgIpc) is 0. The van der Waals surface area contributed by atoms with Gasteiger partial charge in [-0.25, -0.2) is 0 Å². The third kappa shape index (κ3) is 9.28. The summed E-state index contributed by atoms with van der Waals surface area (Å²) in [6.07, 6.45) is 0. The van der Waals surface area contributed by atoms with Crippen molar-refractivity contribution in [2.45, 2.75) is 0 Å². The third-order valence-corrected chi connectivity index (χ3v) is 0. The fourth-order valence-corrected chi connectivity index (χ4v) is 0. The van der Waals surface area contributed by atoms with E-state index in [2.05, 4.69) is 0 Å². The first kappa shape index (κ1) is 42.6. The van der Waals surface area contributed by atoms with Crippen molar-refractivity contribution in [2.75, 3.05) is 0 Å². The van der Waals surface area contributed by atoms with Crippen LogP contribution >= 0.6 is 27.0 Å². The van der Waals surface area contributed by atoms with Gasteiger partial charge in [0.15, 0.2) is 0 Å². The summed E-state index contributed by atoms with van der Waals surface area (Å²) in [5.41, 5.74) is 0. The monoisotopic (exact) mass is 232 g/mol. The maximum atomic E-state index is 0. The summed E-state index contributed by atoms with van der Waals surface area (Å²) >= 11 is 0. The van der Waals surface area contributed by atoms with E-state index in [0.717, 1.165) is 0 Å².